The van der Waals surface area contributed by atoms with Crippen LogP contribution >= 0.6 is 11.6 Å². The molecule has 2 rings (SSSR count). The minimum atomic E-state index is -4.70. The van der Waals surface area contributed by atoms with Crippen LogP contribution in [0.25, 0.3) is 0 Å². The van der Waals surface area contributed by atoms with E-state index in [0.29, 0.717) is 13.1 Å². The summed E-state index contributed by atoms with van der Waals surface area (Å²) in [6.07, 6.45) is -4.70. The van der Waals surface area contributed by atoms with Gasteiger partial charge in [-0.05, 0) is 12.1 Å². The van der Waals surface area contributed by atoms with Crippen LogP contribution in [0.2, 0.25) is 5.02 Å². The first-order valence-corrected chi connectivity index (χ1v) is 7.88. The molecule has 0 amide bonds. The summed E-state index contributed by atoms with van der Waals surface area (Å²) in [7, 11) is -4.08. The van der Waals surface area contributed by atoms with Crippen molar-refractivity contribution >= 4 is 27.5 Å². The molecule has 118 valence electrons. The van der Waals surface area contributed by atoms with Gasteiger partial charge in [0.1, 0.15) is 0 Å². The molecule has 0 unspecified atom stereocenters. The van der Waals surface area contributed by atoms with Gasteiger partial charge in [0.2, 0.25) is 0 Å². The van der Waals surface area contributed by atoms with E-state index in [0.717, 1.165) is 16.4 Å². The molecule has 1 fully saturated rings. The van der Waals surface area contributed by atoms with E-state index in [1.165, 1.54) is 6.07 Å². The minimum Gasteiger partial charge on any atom is -0.314 e. The maximum absolute atomic E-state index is 12.9. The molecule has 1 aromatic rings. The standard InChI is InChI=1S/C11H13ClF3N3O2S/c12-9-3-1-2-8(11(13,14)15)10(9)17-21(19,20)18-6-4-16-5-7-18/h1-3,16-17H,4-7H2. The van der Waals surface area contributed by atoms with Gasteiger partial charge in [-0.1, -0.05) is 17.7 Å². The number of halogens is 4. The molecule has 2 N–H and O–H groups in total. The van der Waals surface area contributed by atoms with E-state index < -0.39 is 27.6 Å². The summed E-state index contributed by atoms with van der Waals surface area (Å²) in [6.45, 7) is 1.24. The van der Waals surface area contributed by atoms with Gasteiger partial charge in [0, 0.05) is 26.2 Å². The second-order valence-electron chi connectivity index (χ2n) is 4.42. The molecule has 1 saturated heterocycles. The van der Waals surface area contributed by atoms with Crippen molar-refractivity contribution in [3.8, 4) is 0 Å². The maximum atomic E-state index is 12.9. The summed E-state index contributed by atoms with van der Waals surface area (Å²) < 4.78 is 66.1. The molecule has 0 aliphatic carbocycles. The van der Waals surface area contributed by atoms with Crippen molar-refractivity contribution < 1.29 is 21.6 Å². The Kier molecular flexibility index (Phi) is 4.66. The van der Waals surface area contributed by atoms with Crippen LogP contribution in [0.1, 0.15) is 5.56 Å². The van der Waals surface area contributed by atoms with Gasteiger partial charge in [0.05, 0.1) is 16.3 Å². The van der Waals surface area contributed by atoms with Crippen LogP contribution in [-0.2, 0) is 16.4 Å². The fourth-order valence-corrected chi connectivity index (χ4v) is 3.49. The van der Waals surface area contributed by atoms with Gasteiger partial charge in [0.15, 0.2) is 0 Å². The molecule has 0 radical (unpaired) electrons. The first kappa shape index (κ1) is 16.3. The first-order chi connectivity index (χ1) is 9.72. The Morgan fingerprint density at radius 3 is 2.43 bits per heavy atom. The lowest BCUT2D eigenvalue weighted by atomic mass is 10.2. The number of nitrogens with zero attached hydrogens (tertiary/aromatic N) is 1. The lowest BCUT2D eigenvalue weighted by Gasteiger charge is -2.27. The Hall–Kier alpha value is -1.03. The molecule has 1 aliphatic rings. The summed E-state index contributed by atoms with van der Waals surface area (Å²) in [5.41, 5.74) is -1.76. The largest absolute Gasteiger partial charge is 0.418 e. The van der Waals surface area contributed by atoms with Crippen LogP contribution in [0.5, 0.6) is 0 Å². The Morgan fingerprint density at radius 2 is 1.86 bits per heavy atom. The molecular weight excluding hydrogens is 331 g/mol. The zero-order chi connectivity index (χ0) is 15.7. The van der Waals surface area contributed by atoms with E-state index in [1.807, 2.05) is 4.72 Å². The Morgan fingerprint density at radius 1 is 1.24 bits per heavy atom. The molecule has 0 atom stereocenters. The molecule has 0 saturated carbocycles. The number of rotatable bonds is 3. The van der Waals surface area contributed by atoms with Gasteiger partial charge in [-0.3, -0.25) is 4.72 Å². The summed E-state index contributed by atoms with van der Waals surface area (Å²) in [4.78, 5) is 0. The SMILES string of the molecule is O=S(=O)(Nc1c(Cl)cccc1C(F)(F)F)N1CCNCC1. The van der Waals surface area contributed by atoms with Gasteiger partial charge in [-0.15, -0.1) is 0 Å². The third-order valence-corrected chi connectivity index (χ3v) is 4.79. The van der Waals surface area contributed by atoms with Crippen molar-refractivity contribution in [2.45, 2.75) is 6.18 Å². The maximum Gasteiger partial charge on any atom is 0.418 e. The van der Waals surface area contributed by atoms with Gasteiger partial charge in [-0.25, -0.2) is 0 Å². The third kappa shape index (κ3) is 3.79. The van der Waals surface area contributed by atoms with Crippen LogP contribution in [0.15, 0.2) is 18.2 Å². The normalized spacial score (nSPS) is 17.7. The predicted molar refractivity (Wildman–Crippen MR) is 73.4 cm³/mol. The number of piperazine rings is 1. The molecule has 0 bridgehead atoms. The number of para-hydroxylation sites is 1. The van der Waals surface area contributed by atoms with E-state index in [-0.39, 0.29) is 18.1 Å². The Labute approximate surface area is 125 Å². The number of hydrogen-bond acceptors (Lipinski definition) is 3. The highest BCUT2D eigenvalue weighted by Crippen LogP contribution is 2.39. The van der Waals surface area contributed by atoms with Crippen LogP contribution in [0, 0.1) is 0 Å². The van der Waals surface area contributed by atoms with Crippen molar-refractivity contribution in [1.29, 1.82) is 0 Å². The molecule has 21 heavy (non-hydrogen) atoms. The highest BCUT2D eigenvalue weighted by Gasteiger charge is 2.36. The summed E-state index contributed by atoms with van der Waals surface area (Å²) in [6, 6.07) is 3.10. The van der Waals surface area contributed by atoms with Crippen LogP contribution in [-0.4, -0.2) is 38.9 Å². The number of nitrogens with one attached hydrogen (secondary N) is 2. The second kappa shape index (κ2) is 5.99. The zero-order valence-electron chi connectivity index (χ0n) is 10.7. The number of hydrogen-bond donors (Lipinski definition) is 2. The molecule has 1 heterocycles. The highest BCUT2D eigenvalue weighted by atomic mass is 35.5. The molecule has 10 heteroatoms. The average Bonchev–Trinajstić information content (AvgIpc) is 2.40. The minimum absolute atomic E-state index is 0.182. The lowest BCUT2D eigenvalue weighted by Crippen LogP contribution is -2.48. The number of anilines is 1. The quantitative estimate of drug-likeness (QED) is 0.881. The van der Waals surface area contributed by atoms with Crippen molar-refractivity contribution in [2.24, 2.45) is 0 Å². The van der Waals surface area contributed by atoms with Crippen molar-refractivity contribution in [2.75, 3.05) is 30.9 Å². The predicted octanol–water partition coefficient (Wildman–Crippen LogP) is 1.92. The average molecular weight is 344 g/mol. The molecule has 0 spiro atoms. The summed E-state index contributed by atoms with van der Waals surface area (Å²) in [5, 5.41) is 2.66. The van der Waals surface area contributed by atoms with E-state index in [2.05, 4.69) is 5.32 Å². The topological polar surface area (TPSA) is 61.4 Å². The molecule has 1 aliphatic heterocycles. The molecule has 0 aromatic heterocycles. The van der Waals surface area contributed by atoms with E-state index in [9.17, 15) is 21.6 Å². The number of alkyl halides is 3. The van der Waals surface area contributed by atoms with Crippen molar-refractivity contribution in [1.82, 2.24) is 9.62 Å². The Balaban J connectivity index is 2.34. The molecule has 1 aromatic carbocycles. The lowest BCUT2D eigenvalue weighted by molar-refractivity contribution is -0.136. The Bertz CT molecular complexity index is 616. The van der Waals surface area contributed by atoms with Gasteiger partial charge < -0.3 is 5.32 Å². The summed E-state index contributed by atoms with van der Waals surface area (Å²) in [5.74, 6) is 0. The van der Waals surface area contributed by atoms with Crippen molar-refractivity contribution in [3.05, 3.63) is 28.8 Å². The molecule has 5 nitrogen and oxygen atoms in total. The highest BCUT2D eigenvalue weighted by molar-refractivity contribution is 7.90. The first-order valence-electron chi connectivity index (χ1n) is 6.06. The van der Waals surface area contributed by atoms with Crippen LogP contribution in [0.4, 0.5) is 18.9 Å². The van der Waals surface area contributed by atoms with E-state index in [4.69, 9.17) is 11.6 Å². The van der Waals surface area contributed by atoms with Gasteiger partial charge >= 0.3 is 16.4 Å². The molecular formula is C11H13ClF3N3O2S. The zero-order valence-corrected chi connectivity index (χ0v) is 12.3. The van der Waals surface area contributed by atoms with Gasteiger partial charge in [0.25, 0.3) is 0 Å². The monoisotopic (exact) mass is 343 g/mol. The van der Waals surface area contributed by atoms with Crippen molar-refractivity contribution in [3.63, 3.8) is 0 Å². The van der Waals surface area contributed by atoms with E-state index >= 15 is 0 Å². The second-order valence-corrected chi connectivity index (χ2v) is 6.49. The van der Waals surface area contributed by atoms with Crippen LogP contribution in [0.3, 0.4) is 0 Å². The number of benzene rings is 1. The fourth-order valence-electron chi connectivity index (χ4n) is 1.94. The van der Waals surface area contributed by atoms with Crippen LogP contribution < -0.4 is 10.0 Å². The smallest absolute Gasteiger partial charge is 0.314 e. The third-order valence-electron chi connectivity index (χ3n) is 2.97. The summed E-state index contributed by atoms with van der Waals surface area (Å²) >= 11 is 5.72. The van der Waals surface area contributed by atoms with Gasteiger partial charge in [-0.2, -0.15) is 25.9 Å². The van der Waals surface area contributed by atoms with E-state index in [1.54, 1.807) is 0 Å². The fraction of sp³-hybridized carbons (Fsp3) is 0.455.